The van der Waals surface area contributed by atoms with Crippen molar-refractivity contribution in [3.63, 3.8) is 0 Å². The summed E-state index contributed by atoms with van der Waals surface area (Å²) in [6.45, 7) is 0.427. The summed E-state index contributed by atoms with van der Waals surface area (Å²) in [5.74, 6) is -1.55. The second-order valence-electron chi connectivity index (χ2n) is 5.59. The zero-order valence-corrected chi connectivity index (χ0v) is 11.7. The highest BCUT2D eigenvalue weighted by Crippen LogP contribution is 2.53. The lowest BCUT2D eigenvalue weighted by Gasteiger charge is -2.27. The van der Waals surface area contributed by atoms with E-state index in [1.807, 2.05) is 0 Å². The first-order chi connectivity index (χ1) is 10.4. The molecule has 0 spiro atoms. The fraction of sp³-hybridized carbons (Fsp3) is 0.533. The van der Waals surface area contributed by atoms with Gasteiger partial charge in [-0.2, -0.15) is 13.2 Å². The van der Waals surface area contributed by atoms with Crippen LogP contribution >= 0.6 is 0 Å². The minimum Gasteiger partial charge on any atom is -0.486 e. The van der Waals surface area contributed by atoms with Crippen LogP contribution in [0.3, 0.4) is 0 Å². The first kappa shape index (κ1) is 15.0. The van der Waals surface area contributed by atoms with Crippen molar-refractivity contribution in [3.05, 3.63) is 23.3 Å². The lowest BCUT2D eigenvalue weighted by atomic mass is 9.86. The summed E-state index contributed by atoms with van der Waals surface area (Å²) < 4.78 is 50.8. The second-order valence-corrected chi connectivity index (χ2v) is 5.59. The van der Waals surface area contributed by atoms with Gasteiger partial charge in [-0.25, -0.2) is 0 Å². The van der Waals surface area contributed by atoms with Gasteiger partial charge in [-0.3, -0.25) is 4.79 Å². The molecule has 120 valence electrons. The van der Waals surface area contributed by atoms with E-state index in [1.165, 1.54) is 6.07 Å². The van der Waals surface area contributed by atoms with Crippen LogP contribution in [0.5, 0.6) is 11.5 Å². The minimum atomic E-state index is -4.56. The number of carboxylic acids is 1. The van der Waals surface area contributed by atoms with Gasteiger partial charge in [0.15, 0.2) is 11.5 Å². The molecule has 1 saturated carbocycles. The molecular formula is C15H15F3O4. The number of fused-ring (bicyclic) bond motifs is 1. The smallest absolute Gasteiger partial charge is 0.416 e. The highest BCUT2D eigenvalue weighted by molar-refractivity contribution is 5.69. The molecule has 1 unspecified atom stereocenters. The second kappa shape index (κ2) is 5.37. The molecule has 0 aromatic heterocycles. The van der Waals surface area contributed by atoms with E-state index in [0.717, 1.165) is 18.9 Å². The SMILES string of the molecule is O=C(O)CC(c1c(C(F)(F)F)ccc2c1OCCO2)C1CC1. The fourth-order valence-electron chi connectivity index (χ4n) is 2.94. The summed E-state index contributed by atoms with van der Waals surface area (Å²) in [6, 6.07) is 2.20. The molecule has 1 fully saturated rings. The number of benzene rings is 1. The fourth-order valence-corrected chi connectivity index (χ4v) is 2.94. The van der Waals surface area contributed by atoms with Gasteiger partial charge in [0.2, 0.25) is 0 Å². The zero-order chi connectivity index (χ0) is 15.9. The molecule has 2 aliphatic rings. The Bertz CT molecular complexity index is 593. The number of alkyl halides is 3. The van der Waals surface area contributed by atoms with Crippen molar-refractivity contribution in [2.45, 2.75) is 31.4 Å². The van der Waals surface area contributed by atoms with E-state index >= 15 is 0 Å². The van der Waals surface area contributed by atoms with E-state index in [4.69, 9.17) is 14.6 Å². The highest BCUT2D eigenvalue weighted by atomic mass is 19.4. The maximum atomic E-state index is 13.4. The maximum Gasteiger partial charge on any atom is 0.416 e. The van der Waals surface area contributed by atoms with Crippen LogP contribution in [-0.2, 0) is 11.0 Å². The number of carboxylic acid groups (broad SMARTS) is 1. The van der Waals surface area contributed by atoms with Gasteiger partial charge in [-0.1, -0.05) is 0 Å². The molecule has 1 aromatic rings. The van der Waals surface area contributed by atoms with Crippen molar-refractivity contribution >= 4 is 5.97 Å². The molecule has 0 bridgehead atoms. The number of halogens is 3. The van der Waals surface area contributed by atoms with Gasteiger partial charge >= 0.3 is 12.1 Å². The van der Waals surface area contributed by atoms with Gasteiger partial charge in [0.05, 0.1) is 12.0 Å². The molecule has 1 N–H and O–H groups in total. The molecule has 7 heteroatoms. The predicted octanol–water partition coefficient (Wildman–Crippen LogP) is 3.44. The molecule has 22 heavy (non-hydrogen) atoms. The monoisotopic (exact) mass is 316 g/mol. The summed E-state index contributed by atoms with van der Waals surface area (Å²) in [5.41, 5.74) is -0.885. The van der Waals surface area contributed by atoms with E-state index in [9.17, 15) is 18.0 Å². The van der Waals surface area contributed by atoms with Gasteiger partial charge in [-0.05, 0) is 30.9 Å². The quantitative estimate of drug-likeness (QED) is 0.924. The summed E-state index contributed by atoms with van der Waals surface area (Å²) in [6.07, 6.45) is -3.43. The number of hydrogen-bond donors (Lipinski definition) is 1. The Morgan fingerprint density at radius 1 is 1.27 bits per heavy atom. The molecule has 0 amide bonds. The summed E-state index contributed by atoms with van der Waals surface area (Å²) in [5, 5.41) is 9.07. The lowest BCUT2D eigenvalue weighted by Crippen LogP contribution is -2.22. The van der Waals surface area contributed by atoms with Crippen LogP contribution in [0.4, 0.5) is 13.2 Å². The first-order valence-electron chi connectivity index (χ1n) is 7.09. The van der Waals surface area contributed by atoms with Crippen LogP contribution < -0.4 is 9.47 Å². The van der Waals surface area contributed by atoms with Crippen molar-refractivity contribution in [2.24, 2.45) is 5.92 Å². The molecule has 1 heterocycles. The Labute approximate surface area is 124 Å². The first-order valence-corrected chi connectivity index (χ1v) is 7.09. The van der Waals surface area contributed by atoms with Crippen LogP contribution in [0.1, 0.15) is 36.3 Å². The number of ether oxygens (including phenoxy) is 2. The van der Waals surface area contributed by atoms with Gasteiger partial charge < -0.3 is 14.6 Å². The minimum absolute atomic E-state index is 0.0470. The standard InChI is InChI=1S/C15H15F3O4/c16-15(17,18)10-3-4-11-14(22-6-5-21-11)13(10)9(7-12(19)20)8-1-2-8/h3-4,8-9H,1-2,5-7H2,(H,19,20). The number of rotatable bonds is 4. The van der Waals surface area contributed by atoms with E-state index in [0.29, 0.717) is 0 Å². The molecule has 3 rings (SSSR count). The molecule has 4 nitrogen and oxygen atoms in total. The van der Waals surface area contributed by atoms with Gasteiger partial charge in [0, 0.05) is 11.5 Å². The van der Waals surface area contributed by atoms with Crippen LogP contribution in [0.2, 0.25) is 0 Å². The summed E-state index contributed by atoms with van der Waals surface area (Å²) >= 11 is 0. The molecule has 1 atom stereocenters. The summed E-state index contributed by atoms with van der Waals surface area (Å²) in [4.78, 5) is 11.1. The Hall–Kier alpha value is -1.92. The normalized spacial score (nSPS) is 18.9. The van der Waals surface area contributed by atoms with Crippen molar-refractivity contribution in [1.82, 2.24) is 0 Å². The highest BCUT2D eigenvalue weighted by Gasteiger charge is 2.43. The van der Waals surface area contributed by atoms with E-state index in [2.05, 4.69) is 0 Å². The molecule has 0 saturated heterocycles. The van der Waals surface area contributed by atoms with E-state index in [-0.39, 0.29) is 42.6 Å². The van der Waals surface area contributed by atoms with E-state index in [1.54, 1.807) is 0 Å². The third-order valence-corrected chi connectivity index (χ3v) is 4.01. The number of hydrogen-bond acceptors (Lipinski definition) is 3. The maximum absolute atomic E-state index is 13.4. The third kappa shape index (κ3) is 2.84. The molecule has 1 aliphatic carbocycles. The molecule has 0 radical (unpaired) electrons. The van der Waals surface area contributed by atoms with Crippen molar-refractivity contribution in [2.75, 3.05) is 13.2 Å². The molecule has 1 aromatic carbocycles. The van der Waals surface area contributed by atoms with Crippen LogP contribution in [0, 0.1) is 5.92 Å². The Morgan fingerprint density at radius 2 is 1.95 bits per heavy atom. The van der Waals surface area contributed by atoms with Crippen molar-refractivity contribution in [3.8, 4) is 11.5 Å². The van der Waals surface area contributed by atoms with Crippen LogP contribution in [0.15, 0.2) is 12.1 Å². The molecule has 1 aliphatic heterocycles. The Morgan fingerprint density at radius 3 is 2.55 bits per heavy atom. The lowest BCUT2D eigenvalue weighted by molar-refractivity contribution is -0.141. The Kier molecular flexibility index (Phi) is 3.66. The topological polar surface area (TPSA) is 55.8 Å². The number of aliphatic carboxylic acids is 1. The van der Waals surface area contributed by atoms with Gasteiger partial charge in [0.1, 0.15) is 13.2 Å². The summed E-state index contributed by atoms with van der Waals surface area (Å²) in [7, 11) is 0. The van der Waals surface area contributed by atoms with Crippen LogP contribution in [-0.4, -0.2) is 24.3 Å². The predicted molar refractivity (Wildman–Crippen MR) is 70.2 cm³/mol. The average molecular weight is 316 g/mol. The third-order valence-electron chi connectivity index (χ3n) is 4.01. The van der Waals surface area contributed by atoms with Gasteiger partial charge in [0.25, 0.3) is 0 Å². The number of carbonyl (C=O) groups is 1. The van der Waals surface area contributed by atoms with Crippen molar-refractivity contribution < 1.29 is 32.5 Å². The van der Waals surface area contributed by atoms with Crippen molar-refractivity contribution in [1.29, 1.82) is 0 Å². The molecular weight excluding hydrogens is 301 g/mol. The van der Waals surface area contributed by atoms with Gasteiger partial charge in [-0.15, -0.1) is 0 Å². The zero-order valence-electron chi connectivity index (χ0n) is 11.7. The largest absolute Gasteiger partial charge is 0.486 e. The van der Waals surface area contributed by atoms with E-state index < -0.39 is 23.6 Å². The van der Waals surface area contributed by atoms with Crippen LogP contribution in [0.25, 0.3) is 0 Å². The Balaban J connectivity index is 2.14. The average Bonchev–Trinajstić information content (AvgIpc) is 3.27.